The van der Waals surface area contributed by atoms with Gasteiger partial charge in [-0.25, -0.2) is 9.07 Å². The van der Waals surface area contributed by atoms with Gasteiger partial charge in [0.15, 0.2) is 0 Å². The average Bonchev–Trinajstić information content (AvgIpc) is 2.95. The largest absolute Gasteiger partial charge is 0.322 e. The summed E-state index contributed by atoms with van der Waals surface area (Å²) in [6, 6.07) is 5.07. The summed E-state index contributed by atoms with van der Waals surface area (Å²) in [5, 5.41) is 6.79. The molecule has 1 heterocycles. The third-order valence-corrected chi connectivity index (χ3v) is 4.41. The maximum Gasteiger partial charge on any atom is 0.267 e. The Morgan fingerprint density at radius 1 is 1.39 bits per heavy atom. The number of rotatable bonds is 3. The van der Waals surface area contributed by atoms with Gasteiger partial charge in [0.25, 0.3) is 5.56 Å². The Kier molecular flexibility index (Phi) is 4.30. The number of aromatic nitrogens is 2. The van der Waals surface area contributed by atoms with E-state index in [-0.39, 0.29) is 11.2 Å². The SMILES string of the molecule is CC(C(=O)Nc1ccc(Br)cc1F)n1nc2c(cc1=O)CCC2. The molecular formula is C16H15BrFN3O2. The first kappa shape index (κ1) is 15.9. The van der Waals surface area contributed by atoms with E-state index in [0.29, 0.717) is 4.47 Å². The monoisotopic (exact) mass is 379 g/mol. The molecule has 1 atom stereocenters. The van der Waals surface area contributed by atoms with Crippen molar-refractivity contribution in [2.45, 2.75) is 32.2 Å². The van der Waals surface area contributed by atoms with Crippen LogP contribution in [-0.2, 0) is 17.6 Å². The smallest absolute Gasteiger partial charge is 0.267 e. The van der Waals surface area contributed by atoms with Crippen molar-refractivity contribution in [2.24, 2.45) is 0 Å². The van der Waals surface area contributed by atoms with E-state index in [0.717, 1.165) is 35.2 Å². The zero-order valence-electron chi connectivity index (χ0n) is 12.5. The molecule has 23 heavy (non-hydrogen) atoms. The average molecular weight is 380 g/mol. The second-order valence-electron chi connectivity index (χ2n) is 5.54. The Hall–Kier alpha value is -2.02. The standard InChI is InChI=1S/C16H15BrFN3O2/c1-9(16(23)19-14-6-5-11(17)8-12(14)18)21-15(22)7-10-3-2-4-13(10)20-21/h5-9H,2-4H2,1H3,(H,19,23). The summed E-state index contributed by atoms with van der Waals surface area (Å²) in [5.41, 5.74) is 1.57. The number of fused-ring (bicyclic) bond motifs is 1. The number of hydrogen-bond acceptors (Lipinski definition) is 3. The van der Waals surface area contributed by atoms with Crippen LogP contribution in [0.2, 0.25) is 0 Å². The van der Waals surface area contributed by atoms with Crippen LogP contribution in [0.3, 0.4) is 0 Å². The summed E-state index contributed by atoms with van der Waals surface area (Å²) in [7, 11) is 0. The molecule has 120 valence electrons. The van der Waals surface area contributed by atoms with Crippen molar-refractivity contribution in [3.63, 3.8) is 0 Å². The predicted octanol–water partition coefficient (Wildman–Crippen LogP) is 2.83. The lowest BCUT2D eigenvalue weighted by Crippen LogP contribution is -2.34. The molecule has 0 saturated carbocycles. The maximum absolute atomic E-state index is 13.8. The number of hydrogen-bond donors (Lipinski definition) is 1. The molecule has 0 spiro atoms. The van der Waals surface area contributed by atoms with E-state index in [2.05, 4.69) is 26.3 Å². The third-order valence-electron chi connectivity index (χ3n) is 3.92. The number of anilines is 1. The zero-order chi connectivity index (χ0) is 16.6. The van der Waals surface area contributed by atoms with Crippen LogP contribution in [-0.4, -0.2) is 15.7 Å². The Labute approximate surface area is 140 Å². The lowest BCUT2D eigenvalue weighted by molar-refractivity contribution is -0.119. The Bertz CT molecular complexity index is 835. The van der Waals surface area contributed by atoms with Gasteiger partial charge in [0.1, 0.15) is 11.9 Å². The first-order chi connectivity index (χ1) is 11.0. The number of carbonyl (C=O) groups is 1. The molecule has 1 aliphatic carbocycles. The van der Waals surface area contributed by atoms with Crippen molar-refractivity contribution in [3.05, 3.63) is 56.2 Å². The minimum absolute atomic E-state index is 0.0688. The molecule has 0 aliphatic heterocycles. The van der Waals surface area contributed by atoms with Crippen molar-refractivity contribution in [1.29, 1.82) is 0 Å². The fourth-order valence-corrected chi connectivity index (χ4v) is 2.97. The topological polar surface area (TPSA) is 64.0 Å². The van der Waals surface area contributed by atoms with E-state index in [4.69, 9.17) is 0 Å². The summed E-state index contributed by atoms with van der Waals surface area (Å²) in [6.45, 7) is 1.57. The number of benzene rings is 1. The van der Waals surface area contributed by atoms with Gasteiger partial charge in [0, 0.05) is 10.5 Å². The molecule has 1 amide bonds. The van der Waals surface area contributed by atoms with Crippen molar-refractivity contribution < 1.29 is 9.18 Å². The predicted molar refractivity (Wildman–Crippen MR) is 88.0 cm³/mol. The van der Waals surface area contributed by atoms with Gasteiger partial charge in [0.05, 0.1) is 11.4 Å². The molecule has 0 fully saturated rings. The molecular weight excluding hydrogens is 365 g/mol. The lowest BCUT2D eigenvalue weighted by atomic mass is 10.2. The third kappa shape index (κ3) is 3.19. The van der Waals surface area contributed by atoms with E-state index in [1.54, 1.807) is 19.1 Å². The van der Waals surface area contributed by atoms with E-state index in [1.165, 1.54) is 12.1 Å². The van der Waals surface area contributed by atoms with Crippen LogP contribution in [0.4, 0.5) is 10.1 Å². The van der Waals surface area contributed by atoms with Gasteiger partial charge in [-0.1, -0.05) is 15.9 Å². The second kappa shape index (κ2) is 6.23. The van der Waals surface area contributed by atoms with Gasteiger partial charge in [-0.15, -0.1) is 0 Å². The highest BCUT2D eigenvalue weighted by molar-refractivity contribution is 9.10. The molecule has 1 aromatic carbocycles. The quantitative estimate of drug-likeness (QED) is 0.891. The van der Waals surface area contributed by atoms with Gasteiger partial charge in [-0.2, -0.15) is 5.10 Å². The normalized spacial score (nSPS) is 14.4. The lowest BCUT2D eigenvalue weighted by Gasteiger charge is -2.15. The van der Waals surface area contributed by atoms with E-state index < -0.39 is 17.8 Å². The fraction of sp³-hybridized carbons (Fsp3) is 0.312. The minimum atomic E-state index is -0.823. The van der Waals surface area contributed by atoms with Crippen molar-refractivity contribution in [1.82, 2.24) is 9.78 Å². The molecule has 1 aromatic heterocycles. The summed E-state index contributed by atoms with van der Waals surface area (Å²) in [4.78, 5) is 24.4. The molecule has 5 nitrogen and oxygen atoms in total. The van der Waals surface area contributed by atoms with Crippen molar-refractivity contribution >= 4 is 27.5 Å². The number of aryl methyl sites for hydroxylation is 2. The second-order valence-corrected chi connectivity index (χ2v) is 6.46. The highest BCUT2D eigenvalue weighted by Gasteiger charge is 2.22. The molecule has 1 N–H and O–H groups in total. The van der Waals surface area contributed by atoms with Crippen LogP contribution in [0, 0.1) is 5.82 Å². The van der Waals surface area contributed by atoms with Crippen molar-refractivity contribution in [3.8, 4) is 0 Å². The number of halogens is 2. The molecule has 1 aliphatic rings. The Balaban J connectivity index is 1.84. The molecule has 7 heteroatoms. The molecule has 0 radical (unpaired) electrons. The molecule has 2 aromatic rings. The molecule has 0 saturated heterocycles. The van der Waals surface area contributed by atoms with Gasteiger partial charge >= 0.3 is 0 Å². The Morgan fingerprint density at radius 2 is 2.17 bits per heavy atom. The van der Waals surface area contributed by atoms with E-state index >= 15 is 0 Å². The van der Waals surface area contributed by atoms with Crippen molar-refractivity contribution in [2.75, 3.05) is 5.32 Å². The highest BCUT2D eigenvalue weighted by atomic mass is 79.9. The summed E-state index contributed by atoms with van der Waals surface area (Å²) in [6.07, 6.45) is 2.63. The van der Waals surface area contributed by atoms with Crippen LogP contribution in [0.25, 0.3) is 0 Å². The minimum Gasteiger partial charge on any atom is -0.322 e. The van der Waals surface area contributed by atoms with Crippen LogP contribution in [0.15, 0.2) is 33.5 Å². The van der Waals surface area contributed by atoms with Crippen LogP contribution in [0.5, 0.6) is 0 Å². The van der Waals surface area contributed by atoms with E-state index in [9.17, 15) is 14.0 Å². The summed E-state index contributed by atoms with van der Waals surface area (Å²) >= 11 is 3.16. The molecule has 0 bridgehead atoms. The van der Waals surface area contributed by atoms with Crippen LogP contribution in [0.1, 0.15) is 30.6 Å². The highest BCUT2D eigenvalue weighted by Crippen LogP contribution is 2.21. The van der Waals surface area contributed by atoms with Gasteiger partial charge in [0.2, 0.25) is 5.91 Å². The number of nitrogens with one attached hydrogen (secondary N) is 1. The zero-order valence-corrected chi connectivity index (χ0v) is 14.1. The maximum atomic E-state index is 13.8. The number of nitrogens with zero attached hydrogens (tertiary/aromatic N) is 2. The fourth-order valence-electron chi connectivity index (χ4n) is 2.63. The number of amides is 1. The van der Waals surface area contributed by atoms with E-state index in [1.807, 2.05) is 0 Å². The van der Waals surface area contributed by atoms with Gasteiger partial charge < -0.3 is 5.32 Å². The first-order valence-corrected chi connectivity index (χ1v) is 8.12. The summed E-state index contributed by atoms with van der Waals surface area (Å²) in [5.74, 6) is -1.03. The van der Waals surface area contributed by atoms with Crippen LogP contribution < -0.4 is 10.9 Å². The van der Waals surface area contributed by atoms with Gasteiger partial charge in [-0.05, 0) is 49.9 Å². The van der Waals surface area contributed by atoms with Gasteiger partial charge in [-0.3, -0.25) is 9.59 Å². The first-order valence-electron chi connectivity index (χ1n) is 7.33. The molecule has 3 rings (SSSR count). The number of carbonyl (C=O) groups excluding carboxylic acids is 1. The van der Waals surface area contributed by atoms with Crippen LogP contribution >= 0.6 is 15.9 Å². The summed E-state index contributed by atoms with van der Waals surface area (Å²) < 4.78 is 15.6. The molecule has 1 unspecified atom stereocenters. The Morgan fingerprint density at radius 3 is 2.91 bits per heavy atom.